The van der Waals surface area contributed by atoms with Crippen LogP contribution in [0, 0.1) is 6.92 Å². The second-order valence-corrected chi connectivity index (χ2v) is 6.32. The number of piperazine rings is 1. The lowest BCUT2D eigenvalue weighted by atomic mass is 10.2. The van der Waals surface area contributed by atoms with Crippen molar-refractivity contribution in [3.8, 4) is 5.75 Å². The van der Waals surface area contributed by atoms with Crippen LogP contribution >= 0.6 is 0 Å². The fourth-order valence-corrected chi connectivity index (χ4v) is 3.00. The summed E-state index contributed by atoms with van der Waals surface area (Å²) in [6.07, 6.45) is 3.09. The number of anilines is 1. The molecule has 1 saturated heterocycles. The quantitative estimate of drug-likeness (QED) is 0.759. The molecular formula is C20H25N3O2. The van der Waals surface area contributed by atoms with Crippen LogP contribution in [0.3, 0.4) is 0 Å². The molecule has 3 rings (SSSR count). The SMILES string of the molecule is Cc1cccc(OCCCC(=O)N2CCN(c3ccccn3)CC2)c1. The van der Waals surface area contributed by atoms with Gasteiger partial charge in [-0.15, -0.1) is 0 Å². The van der Waals surface area contributed by atoms with E-state index in [0.717, 1.165) is 44.2 Å². The minimum Gasteiger partial charge on any atom is -0.494 e. The maximum atomic E-state index is 12.3. The van der Waals surface area contributed by atoms with E-state index in [9.17, 15) is 4.79 Å². The van der Waals surface area contributed by atoms with E-state index in [1.165, 1.54) is 5.56 Å². The van der Waals surface area contributed by atoms with Crippen LogP contribution in [0.4, 0.5) is 5.82 Å². The highest BCUT2D eigenvalue weighted by Gasteiger charge is 2.21. The summed E-state index contributed by atoms with van der Waals surface area (Å²) in [6.45, 7) is 5.80. The first-order valence-electron chi connectivity index (χ1n) is 8.85. The highest BCUT2D eigenvalue weighted by Crippen LogP contribution is 2.15. The fourth-order valence-electron chi connectivity index (χ4n) is 3.00. The van der Waals surface area contributed by atoms with Crippen molar-refractivity contribution < 1.29 is 9.53 Å². The Morgan fingerprint density at radius 1 is 1.12 bits per heavy atom. The van der Waals surface area contributed by atoms with Crippen LogP contribution in [-0.2, 0) is 4.79 Å². The average Bonchev–Trinajstić information content (AvgIpc) is 2.66. The van der Waals surface area contributed by atoms with Gasteiger partial charge in [-0.2, -0.15) is 0 Å². The first-order valence-corrected chi connectivity index (χ1v) is 8.85. The van der Waals surface area contributed by atoms with Gasteiger partial charge in [-0.25, -0.2) is 4.98 Å². The highest BCUT2D eigenvalue weighted by molar-refractivity contribution is 5.76. The first kappa shape index (κ1) is 17.3. The number of aryl methyl sites for hydroxylation is 1. The Labute approximate surface area is 149 Å². The van der Waals surface area contributed by atoms with E-state index in [4.69, 9.17) is 4.74 Å². The third-order valence-corrected chi connectivity index (χ3v) is 4.40. The third-order valence-electron chi connectivity index (χ3n) is 4.40. The van der Waals surface area contributed by atoms with Crippen LogP contribution in [0.25, 0.3) is 0 Å². The molecule has 0 saturated carbocycles. The van der Waals surface area contributed by atoms with Gasteiger partial charge < -0.3 is 14.5 Å². The van der Waals surface area contributed by atoms with Crippen molar-refractivity contribution in [1.29, 1.82) is 0 Å². The van der Waals surface area contributed by atoms with Crippen molar-refractivity contribution in [2.45, 2.75) is 19.8 Å². The van der Waals surface area contributed by atoms with Gasteiger partial charge in [0.1, 0.15) is 11.6 Å². The second kappa shape index (κ2) is 8.51. The van der Waals surface area contributed by atoms with Crippen LogP contribution in [0.2, 0.25) is 0 Å². The molecule has 1 aliphatic heterocycles. The summed E-state index contributed by atoms with van der Waals surface area (Å²) in [7, 11) is 0. The lowest BCUT2D eigenvalue weighted by molar-refractivity contribution is -0.131. The zero-order chi connectivity index (χ0) is 17.5. The summed E-state index contributed by atoms with van der Waals surface area (Å²) in [5, 5.41) is 0. The summed E-state index contributed by atoms with van der Waals surface area (Å²) < 4.78 is 5.71. The Morgan fingerprint density at radius 3 is 2.68 bits per heavy atom. The van der Waals surface area contributed by atoms with Gasteiger partial charge in [-0.3, -0.25) is 4.79 Å². The topological polar surface area (TPSA) is 45.7 Å². The van der Waals surface area contributed by atoms with Crippen LogP contribution in [0.15, 0.2) is 48.7 Å². The summed E-state index contributed by atoms with van der Waals surface area (Å²) in [5.41, 5.74) is 1.18. The molecule has 1 fully saturated rings. The maximum absolute atomic E-state index is 12.3. The molecule has 0 bridgehead atoms. The molecule has 1 aliphatic rings. The molecule has 25 heavy (non-hydrogen) atoms. The number of nitrogens with zero attached hydrogens (tertiary/aromatic N) is 3. The number of hydrogen-bond acceptors (Lipinski definition) is 4. The number of rotatable bonds is 6. The van der Waals surface area contributed by atoms with Gasteiger partial charge in [-0.05, 0) is 43.2 Å². The molecule has 2 aromatic rings. The Kier molecular flexibility index (Phi) is 5.88. The minimum absolute atomic E-state index is 0.216. The van der Waals surface area contributed by atoms with Gasteiger partial charge in [0.15, 0.2) is 0 Å². The zero-order valence-electron chi connectivity index (χ0n) is 14.7. The Balaban J connectivity index is 1.37. The number of benzene rings is 1. The van der Waals surface area contributed by atoms with E-state index >= 15 is 0 Å². The summed E-state index contributed by atoms with van der Waals surface area (Å²) in [5.74, 6) is 2.08. The molecule has 0 N–H and O–H groups in total. The predicted molar refractivity (Wildman–Crippen MR) is 98.9 cm³/mol. The number of hydrogen-bond donors (Lipinski definition) is 0. The zero-order valence-corrected chi connectivity index (χ0v) is 14.7. The van der Waals surface area contributed by atoms with Crippen molar-refractivity contribution in [3.05, 3.63) is 54.2 Å². The Bertz CT molecular complexity index is 682. The number of ether oxygens (including phenoxy) is 1. The largest absolute Gasteiger partial charge is 0.494 e. The van der Waals surface area contributed by atoms with Crippen LogP contribution in [0.5, 0.6) is 5.75 Å². The molecule has 0 aliphatic carbocycles. The van der Waals surface area contributed by atoms with Crippen LogP contribution in [0.1, 0.15) is 18.4 Å². The van der Waals surface area contributed by atoms with E-state index in [2.05, 4.69) is 9.88 Å². The first-order chi connectivity index (χ1) is 12.2. The molecule has 5 nitrogen and oxygen atoms in total. The van der Waals surface area contributed by atoms with Gasteiger partial charge in [-0.1, -0.05) is 18.2 Å². The van der Waals surface area contributed by atoms with E-state index in [0.29, 0.717) is 13.0 Å². The number of carbonyl (C=O) groups excluding carboxylic acids is 1. The molecule has 1 aromatic carbocycles. The molecule has 0 radical (unpaired) electrons. The van der Waals surface area contributed by atoms with E-state index in [1.54, 1.807) is 6.20 Å². The van der Waals surface area contributed by atoms with Crippen molar-refractivity contribution in [2.24, 2.45) is 0 Å². The van der Waals surface area contributed by atoms with Crippen molar-refractivity contribution in [1.82, 2.24) is 9.88 Å². The molecule has 1 amide bonds. The lowest BCUT2D eigenvalue weighted by Crippen LogP contribution is -2.49. The predicted octanol–water partition coefficient (Wildman–Crippen LogP) is 2.90. The lowest BCUT2D eigenvalue weighted by Gasteiger charge is -2.35. The van der Waals surface area contributed by atoms with Crippen molar-refractivity contribution in [2.75, 3.05) is 37.7 Å². The second-order valence-electron chi connectivity index (χ2n) is 6.32. The standard InChI is InChI=1S/C20H25N3O2/c1-17-6-4-7-18(16-17)25-15-5-9-20(24)23-13-11-22(12-14-23)19-8-2-3-10-21-19/h2-4,6-8,10,16H,5,9,11-15H2,1H3. The molecule has 1 aromatic heterocycles. The number of amides is 1. The van der Waals surface area contributed by atoms with Gasteiger partial charge in [0.05, 0.1) is 6.61 Å². The van der Waals surface area contributed by atoms with E-state index in [1.807, 2.05) is 54.3 Å². The van der Waals surface area contributed by atoms with Gasteiger partial charge in [0.2, 0.25) is 5.91 Å². The maximum Gasteiger partial charge on any atom is 0.222 e. The highest BCUT2D eigenvalue weighted by atomic mass is 16.5. The molecule has 5 heteroatoms. The smallest absolute Gasteiger partial charge is 0.222 e. The molecule has 0 unspecified atom stereocenters. The molecule has 2 heterocycles. The van der Waals surface area contributed by atoms with Gasteiger partial charge in [0.25, 0.3) is 0 Å². The molecule has 132 valence electrons. The Morgan fingerprint density at radius 2 is 1.96 bits per heavy atom. The number of carbonyl (C=O) groups is 1. The van der Waals surface area contributed by atoms with Crippen molar-refractivity contribution in [3.63, 3.8) is 0 Å². The van der Waals surface area contributed by atoms with Gasteiger partial charge >= 0.3 is 0 Å². The van der Waals surface area contributed by atoms with E-state index < -0.39 is 0 Å². The summed E-state index contributed by atoms with van der Waals surface area (Å²) >= 11 is 0. The number of aromatic nitrogens is 1. The average molecular weight is 339 g/mol. The molecule has 0 spiro atoms. The van der Waals surface area contributed by atoms with Crippen LogP contribution in [-0.4, -0.2) is 48.6 Å². The molecule has 0 atom stereocenters. The summed E-state index contributed by atoms with van der Waals surface area (Å²) in [4.78, 5) is 20.9. The monoisotopic (exact) mass is 339 g/mol. The van der Waals surface area contributed by atoms with E-state index in [-0.39, 0.29) is 5.91 Å². The Hall–Kier alpha value is -2.56. The van der Waals surface area contributed by atoms with Gasteiger partial charge in [0, 0.05) is 38.8 Å². The third kappa shape index (κ3) is 4.95. The number of pyridine rings is 1. The molecular weight excluding hydrogens is 314 g/mol. The minimum atomic E-state index is 0.216. The van der Waals surface area contributed by atoms with Crippen LogP contribution < -0.4 is 9.64 Å². The van der Waals surface area contributed by atoms with Crippen molar-refractivity contribution >= 4 is 11.7 Å². The fraction of sp³-hybridized carbons (Fsp3) is 0.400. The normalized spacial score (nSPS) is 14.4. The summed E-state index contributed by atoms with van der Waals surface area (Å²) in [6, 6.07) is 13.9.